The average molecular weight is 316 g/mol. The van der Waals surface area contributed by atoms with Crippen molar-refractivity contribution in [2.24, 2.45) is 0 Å². The van der Waals surface area contributed by atoms with Gasteiger partial charge in [0, 0.05) is 35.4 Å². The number of piperidine rings is 1. The quantitative estimate of drug-likeness (QED) is 0.908. The van der Waals surface area contributed by atoms with Gasteiger partial charge in [-0.2, -0.15) is 4.31 Å². The van der Waals surface area contributed by atoms with Gasteiger partial charge in [-0.25, -0.2) is 8.42 Å². The zero-order valence-corrected chi connectivity index (χ0v) is 14.1. The lowest BCUT2D eigenvalue weighted by Crippen LogP contribution is -2.35. The van der Waals surface area contributed by atoms with Gasteiger partial charge in [0.1, 0.15) is 0 Å². The zero-order chi connectivity index (χ0) is 14.8. The summed E-state index contributed by atoms with van der Waals surface area (Å²) in [6.45, 7) is 8.14. The first-order valence-electron chi connectivity index (χ1n) is 7.24. The number of hydrogen-bond acceptors (Lipinski definition) is 4. The first-order valence-corrected chi connectivity index (χ1v) is 9.50. The third kappa shape index (κ3) is 3.61. The maximum absolute atomic E-state index is 12.7. The minimum atomic E-state index is -3.29. The van der Waals surface area contributed by atoms with Crippen LogP contribution in [0.15, 0.2) is 11.0 Å². The molecule has 0 aromatic carbocycles. The number of hydrogen-bond donors (Lipinski definition) is 1. The van der Waals surface area contributed by atoms with Crippen molar-refractivity contribution in [3.63, 3.8) is 0 Å². The van der Waals surface area contributed by atoms with Gasteiger partial charge in [-0.1, -0.05) is 20.3 Å². The highest BCUT2D eigenvalue weighted by Gasteiger charge is 2.28. The Balaban J connectivity index is 2.18. The second-order valence-electron chi connectivity index (χ2n) is 5.63. The normalized spacial score (nSPS) is 17.8. The maximum atomic E-state index is 12.7. The van der Waals surface area contributed by atoms with Crippen LogP contribution in [0.4, 0.5) is 0 Å². The molecule has 1 N–H and O–H groups in total. The van der Waals surface area contributed by atoms with Crippen LogP contribution in [0.2, 0.25) is 0 Å². The van der Waals surface area contributed by atoms with Crippen LogP contribution >= 0.6 is 11.3 Å². The molecule has 1 saturated heterocycles. The Labute approximate surface area is 126 Å². The summed E-state index contributed by atoms with van der Waals surface area (Å²) in [6.07, 6.45) is 3.09. The Hall–Kier alpha value is -0.430. The topological polar surface area (TPSA) is 49.4 Å². The molecule has 2 heterocycles. The Bertz CT molecular complexity index is 544. The molecule has 1 aliphatic heterocycles. The molecule has 1 aromatic heterocycles. The Morgan fingerprint density at radius 3 is 2.55 bits per heavy atom. The van der Waals surface area contributed by atoms with Crippen molar-refractivity contribution in [3.05, 3.63) is 15.8 Å². The monoisotopic (exact) mass is 316 g/mol. The molecule has 20 heavy (non-hydrogen) atoms. The van der Waals surface area contributed by atoms with Crippen molar-refractivity contribution in [1.29, 1.82) is 0 Å². The summed E-state index contributed by atoms with van der Waals surface area (Å²) >= 11 is 1.58. The average Bonchev–Trinajstić information content (AvgIpc) is 2.79. The van der Waals surface area contributed by atoms with E-state index in [-0.39, 0.29) is 0 Å². The number of aryl methyl sites for hydroxylation is 1. The Morgan fingerprint density at radius 1 is 1.30 bits per heavy atom. The maximum Gasteiger partial charge on any atom is 0.244 e. The van der Waals surface area contributed by atoms with Crippen molar-refractivity contribution in [1.82, 2.24) is 9.62 Å². The summed E-state index contributed by atoms with van der Waals surface area (Å²) in [5.74, 6) is 0. The van der Waals surface area contributed by atoms with E-state index in [1.54, 1.807) is 15.6 Å². The van der Waals surface area contributed by atoms with Gasteiger partial charge in [0.25, 0.3) is 0 Å². The third-order valence-electron chi connectivity index (χ3n) is 3.54. The van der Waals surface area contributed by atoms with Crippen LogP contribution in [0.3, 0.4) is 0 Å². The van der Waals surface area contributed by atoms with Gasteiger partial charge in [0.15, 0.2) is 0 Å². The smallest absolute Gasteiger partial charge is 0.244 e. The highest BCUT2D eigenvalue weighted by atomic mass is 32.2. The largest absolute Gasteiger partial charge is 0.310 e. The third-order valence-corrected chi connectivity index (χ3v) is 6.75. The summed E-state index contributed by atoms with van der Waals surface area (Å²) in [6, 6.07) is 2.25. The summed E-state index contributed by atoms with van der Waals surface area (Å²) in [5.41, 5.74) is 0. The van der Waals surface area contributed by atoms with E-state index >= 15 is 0 Å². The summed E-state index contributed by atoms with van der Waals surface area (Å²) < 4.78 is 27.0. The number of sulfonamides is 1. The molecule has 1 fully saturated rings. The highest BCUT2D eigenvalue weighted by Crippen LogP contribution is 2.29. The van der Waals surface area contributed by atoms with Crippen LogP contribution in [0.5, 0.6) is 0 Å². The Morgan fingerprint density at radius 2 is 1.95 bits per heavy atom. The van der Waals surface area contributed by atoms with Crippen molar-refractivity contribution < 1.29 is 8.42 Å². The van der Waals surface area contributed by atoms with E-state index in [0.29, 0.717) is 24.0 Å². The van der Waals surface area contributed by atoms with Crippen molar-refractivity contribution in [2.75, 3.05) is 13.1 Å². The minimum absolute atomic E-state index is 0.402. The molecule has 0 unspecified atom stereocenters. The van der Waals surface area contributed by atoms with E-state index in [2.05, 4.69) is 19.2 Å². The number of nitrogens with one attached hydrogen (secondary N) is 1. The van der Waals surface area contributed by atoms with Crippen LogP contribution < -0.4 is 5.32 Å². The van der Waals surface area contributed by atoms with Crippen molar-refractivity contribution in [3.8, 4) is 0 Å². The number of nitrogens with zero attached hydrogens (tertiary/aromatic N) is 1. The van der Waals surface area contributed by atoms with Crippen LogP contribution in [-0.2, 0) is 16.6 Å². The van der Waals surface area contributed by atoms with Gasteiger partial charge < -0.3 is 5.32 Å². The molecule has 0 radical (unpaired) electrons. The van der Waals surface area contributed by atoms with E-state index in [1.807, 2.05) is 13.0 Å². The molecule has 0 bridgehead atoms. The van der Waals surface area contributed by atoms with Gasteiger partial charge in [-0.05, 0) is 25.8 Å². The second kappa shape index (κ2) is 6.56. The first-order chi connectivity index (χ1) is 9.41. The molecule has 6 heteroatoms. The lowest BCUT2D eigenvalue weighted by molar-refractivity contribution is 0.346. The molecule has 4 nitrogen and oxygen atoms in total. The van der Waals surface area contributed by atoms with E-state index in [9.17, 15) is 8.42 Å². The minimum Gasteiger partial charge on any atom is -0.310 e. The molecule has 1 aliphatic rings. The summed E-state index contributed by atoms with van der Waals surface area (Å²) in [4.78, 5) is 2.49. The van der Waals surface area contributed by atoms with Gasteiger partial charge in [-0.3, -0.25) is 0 Å². The standard InChI is InChI=1S/C14H24N2O2S2/c1-11(2)15-10-13-9-14(12(3)19-13)20(17,18)16-7-5-4-6-8-16/h9,11,15H,4-8,10H2,1-3H3. The van der Waals surface area contributed by atoms with E-state index in [4.69, 9.17) is 0 Å². The SMILES string of the molecule is Cc1sc(CNC(C)C)cc1S(=O)(=O)N1CCCCC1. The summed E-state index contributed by atoms with van der Waals surface area (Å²) in [5, 5.41) is 3.34. The van der Waals surface area contributed by atoms with E-state index in [0.717, 1.165) is 35.6 Å². The van der Waals surface area contributed by atoms with Gasteiger partial charge >= 0.3 is 0 Å². The van der Waals surface area contributed by atoms with Crippen LogP contribution in [-0.4, -0.2) is 31.9 Å². The molecule has 0 spiro atoms. The fourth-order valence-corrected chi connectivity index (χ4v) is 5.49. The van der Waals surface area contributed by atoms with Crippen LogP contribution in [0, 0.1) is 6.92 Å². The van der Waals surface area contributed by atoms with Gasteiger partial charge in [0.2, 0.25) is 10.0 Å². The molecule has 0 atom stereocenters. The highest BCUT2D eigenvalue weighted by molar-refractivity contribution is 7.89. The molecular formula is C14H24N2O2S2. The molecular weight excluding hydrogens is 292 g/mol. The van der Waals surface area contributed by atoms with E-state index < -0.39 is 10.0 Å². The fraction of sp³-hybridized carbons (Fsp3) is 0.714. The van der Waals surface area contributed by atoms with Gasteiger partial charge in [-0.15, -0.1) is 11.3 Å². The predicted molar refractivity (Wildman–Crippen MR) is 83.6 cm³/mol. The van der Waals surface area contributed by atoms with Crippen LogP contribution in [0.1, 0.15) is 42.9 Å². The second-order valence-corrected chi connectivity index (χ2v) is 8.88. The summed E-state index contributed by atoms with van der Waals surface area (Å²) in [7, 11) is -3.29. The van der Waals surface area contributed by atoms with E-state index in [1.165, 1.54) is 0 Å². The first kappa shape index (κ1) is 15.9. The molecule has 1 aromatic rings. The molecule has 0 saturated carbocycles. The van der Waals surface area contributed by atoms with Crippen molar-refractivity contribution in [2.45, 2.75) is 57.5 Å². The lowest BCUT2D eigenvalue weighted by atomic mass is 10.2. The fourth-order valence-electron chi connectivity index (χ4n) is 2.42. The van der Waals surface area contributed by atoms with Crippen molar-refractivity contribution >= 4 is 21.4 Å². The molecule has 114 valence electrons. The van der Waals surface area contributed by atoms with Crippen LogP contribution in [0.25, 0.3) is 0 Å². The zero-order valence-electron chi connectivity index (χ0n) is 12.5. The molecule has 2 rings (SSSR count). The number of rotatable bonds is 5. The Kier molecular flexibility index (Phi) is 5.23. The predicted octanol–water partition coefficient (Wildman–Crippen LogP) is 2.73. The number of thiophene rings is 1. The molecule has 0 amide bonds. The molecule has 0 aliphatic carbocycles. The lowest BCUT2D eigenvalue weighted by Gasteiger charge is -2.25. The van der Waals surface area contributed by atoms with Gasteiger partial charge in [0.05, 0.1) is 4.90 Å².